The first kappa shape index (κ1) is 15.2. The lowest BCUT2D eigenvalue weighted by Gasteiger charge is -2.21. The van der Waals surface area contributed by atoms with Crippen LogP contribution >= 0.6 is 0 Å². The Morgan fingerprint density at radius 3 is 2.26 bits per heavy atom. The quantitative estimate of drug-likeness (QED) is 0.350. The summed E-state index contributed by atoms with van der Waals surface area (Å²) in [6, 6.07) is 0.526. The molecule has 0 aliphatic carbocycles. The summed E-state index contributed by atoms with van der Waals surface area (Å²) in [5, 5.41) is 0. The van der Waals surface area contributed by atoms with Crippen LogP contribution in [0.2, 0.25) is 0 Å². The zero-order valence-electron chi connectivity index (χ0n) is 9.65. The van der Waals surface area contributed by atoms with Crippen LogP contribution < -0.4 is 15.6 Å². The molecule has 0 unspecified atom stereocenters. The fraction of sp³-hybridized carbons (Fsp3) is 0.222. The van der Waals surface area contributed by atoms with Crippen LogP contribution in [-0.4, -0.2) is 27.1 Å². The molecule has 0 saturated carbocycles. The summed E-state index contributed by atoms with van der Waals surface area (Å²) in [5.74, 6) is -0.410. The highest BCUT2D eigenvalue weighted by atomic mass is 32.2. The maximum absolute atomic E-state index is 13.5. The minimum atomic E-state index is -4.09. The number of sulfonamides is 1. The zero-order chi connectivity index (χ0) is 14.8. The number of carbonyl (C=O) groups excluding carboxylic acids is 1. The van der Waals surface area contributed by atoms with Gasteiger partial charge >= 0.3 is 0 Å². The van der Waals surface area contributed by atoms with E-state index in [1.807, 2.05) is 0 Å². The van der Waals surface area contributed by atoms with Gasteiger partial charge in [0.1, 0.15) is 6.54 Å². The van der Waals surface area contributed by atoms with Crippen molar-refractivity contribution in [3.63, 3.8) is 0 Å². The lowest BCUT2D eigenvalue weighted by atomic mass is 10.3. The minimum Gasteiger partial charge on any atom is -0.293 e. The molecule has 0 atom stereocenters. The van der Waals surface area contributed by atoms with Crippen molar-refractivity contribution in [2.24, 2.45) is 5.84 Å². The van der Waals surface area contributed by atoms with Gasteiger partial charge in [0.05, 0.1) is 11.9 Å². The van der Waals surface area contributed by atoms with Crippen molar-refractivity contribution in [1.82, 2.24) is 5.43 Å². The van der Waals surface area contributed by atoms with Crippen LogP contribution in [0.3, 0.4) is 0 Å². The number of nitrogens with one attached hydrogen (secondary N) is 1. The van der Waals surface area contributed by atoms with Crippen molar-refractivity contribution in [2.75, 3.05) is 17.1 Å². The maximum Gasteiger partial charge on any atom is 0.254 e. The van der Waals surface area contributed by atoms with Crippen molar-refractivity contribution < 1.29 is 26.4 Å². The largest absolute Gasteiger partial charge is 0.293 e. The fourth-order valence-electron chi connectivity index (χ4n) is 1.26. The van der Waals surface area contributed by atoms with E-state index in [0.29, 0.717) is 12.3 Å². The number of halogens is 3. The van der Waals surface area contributed by atoms with Gasteiger partial charge in [-0.25, -0.2) is 27.4 Å². The predicted octanol–water partition coefficient (Wildman–Crippen LogP) is -0.140. The number of hydrazine groups is 1. The fourth-order valence-corrected chi connectivity index (χ4v) is 2.11. The molecule has 1 rings (SSSR count). The summed E-state index contributed by atoms with van der Waals surface area (Å²) in [4.78, 5) is 11.1. The van der Waals surface area contributed by atoms with Crippen LogP contribution in [0.5, 0.6) is 0 Å². The van der Waals surface area contributed by atoms with Gasteiger partial charge in [-0.05, 0) is 0 Å². The monoisotopic (exact) mass is 297 g/mol. The Bertz CT molecular complexity index is 606. The molecule has 0 aliphatic heterocycles. The van der Waals surface area contributed by atoms with Crippen molar-refractivity contribution in [1.29, 1.82) is 0 Å². The Morgan fingerprint density at radius 1 is 1.26 bits per heavy atom. The third-order valence-corrected chi connectivity index (χ3v) is 3.23. The van der Waals surface area contributed by atoms with E-state index in [0.717, 1.165) is 0 Å². The minimum absolute atomic E-state index is 0.184. The lowest BCUT2D eigenvalue weighted by Crippen LogP contribution is -2.43. The highest BCUT2D eigenvalue weighted by Gasteiger charge is 2.25. The molecule has 3 N–H and O–H groups in total. The Labute approximate surface area is 107 Å². The number of hydrogen-bond donors (Lipinski definition) is 2. The molecule has 1 aromatic rings. The van der Waals surface area contributed by atoms with Crippen LogP contribution in [-0.2, 0) is 14.8 Å². The van der Waals surface area contributed by atoms with E-state index in [9.17, 15) is 26.4 Å². The van der Waals surface area contributed by atoms with E-state index in [1.165, 1.54) is 0 Å². The molecule has 0 saturated heterocycles. The van der Waals surface area contributed by atoms with Gasteiger partial charge in [-0.1, -0.05) is 0 Å². The molecule has 19 heavy (non-hydrogen) atoms. The number of benzene rings is 1. The molecule has 0 aliphatic rings. The standard InChI is InChI=1S/C9H10F3N3O3S/c1-19(17,18)15(4-9(16)14-13)8-3-6(11)5(10)2-7(8)12/h2-3H,4,13H2,1H3,(H,14,16). The van der Waals surface area contributed by atoms with E-state index in [-0.39, 0.29) is 10.4 Å². The highest BCUT2D eigenvalue weighted by molar-refractivity contribution is 7.92. The number of rotatable bonds is 4. The number of hydrogen-bond acceptors (Lipinski definition) is 4. The number of carbonyl (C=O) groups is 1. The van der Waals surface area contributed by atoms with Crippen LogP contribution in [0.25, 0.3) is 0 Å². The molecule has 1 amide bonds. The average molecular weight is 297 g/mol. The molecule has 6 nitrogen and oxygen atoms in total. The van der Waals surface area contributed by atoms with Gasteiger partial charge in [0.25, 0.3) is 5.91 Å². The summed E-state index contributed by atoms with van der Waals surface area (Å²) < 4.78 is 62.5. The van der Waals surface area contributed by atoms with Crippen molar-refractivity contribution in [3.8, 4) is 0 Å². The molecule has 0 spiro atoms. The van der Waals surface area contributed by atoms with Crippen LogP contribution in [0, 0.1) is 17.5 Å². The molecule has 0 bridgehead atoms. The second kappa shape index (κ2) is 5.45. The van der Waals surface area contributed by atoms with Crippen LogP contribution in [0.15, 0.2) is 12.1 Å². The highest BCUT2D eigenvalue weighted by Crippen LogP contribution is 2.24. The van der Waals surface area contributed by atoms with Crippen molar-refractivity contribution in [3.05, 3.63) is 29.6 Å². The molecular weight excluding hydrogens is 287 g/mol. The third kappa shape index (κ3) is 3.58. The zero-order valence-corrected chi connectivity index (χ0v) is 10.5. The van der Waals surface area contributed by atoms with Gasteiger partial charge < -0.3 is 0 Å². The van der Waals surface area contributed by atoms with Gasteiger partial charge in [-0.15, -0.1) is 0 Å². The molecule has 10 heteroatoms. The first-order valence-electron chi connectivity index (χ1n) is 4.78. The third-order valence-electron chi connectivity index (χ3n) is 2.11. The summed E-state index contributed by atoms with van der Waals surface area (Å²) in [6.45, 7) is -0.864. The van der Waals surface area contributed by atoms with E-state index in [4.69, 9.17) is 5.84 Å². The Hall–Kier alpha value is -1.81. The normalized spacial score (nSPS) is 11.2. The Kier molecular flexibility index (Phi) is 4.37. The molecule has 106 valence electrons. The topological polar surface area (TPSA) is 92.5 Å². The maximum atomic E-state index is 13.5. The number of anilines is 1. The molecule has 1 aromatic carbocycles. The van der Waals surface area contributed by atoms with Crippen LogP contribution in [0.4, 0.5) is 18.9 Å². The Morgan fingerprint density at radius 2 is 1.79 bits per heavy atom. The summed E-state index contributed by atoms with van der Waals surface area (Å²) in [7, 11) is -4.09. The van der Waals surface area contributed by atoms with Gasteiger partial charge in [0, 0.05) is 12.1 Å². The predicted molar refractivity (Wildman–Crippen MR) is 60.8 cm³/mol. The van der Waals surface area contributed by atoms with E-state index < -0.39 is 45.6 Å². The second-order valence-corrected chi connectivity index (χ2v) is 5.46. The lowest BCUT2D eigenvalue weighted by molar-refractivity contribution is -0.119. The first-order chi connectivity index (χ1) is 8.66. The molecular formula is C9H10F3N3O3S. The first-order valence-corrected chi connectivity index (χ1v) is 6.63. The molecule has 0 fully saturated rings. The Balaban J connectivity index is 3.34. The summed E-state index contributed by atoms with van der Waals surface area (Å²) in [5.41, 5.74) is 0.860. The van der Waals surface area contributed by atoms with Gasteiger partial charge in [-0.3, -0.25) is 14.5 Å². The van der Waals surface area contributed by atoms with Gasteiger partial charge in [-0.2, -0.15) is 0 Å². The van der Waals surface area contributed by atoms with E-state index in [1.54, 1.807) is 5.43 Å². The van der Waals surface area contributed by atoms with Crippen molar-refractivity contribution in [2.45, 2.75) is 0 Å². The molecule has 0 heterocycles. The van der Waals surface area contributed by atoms with Gasteiger partial charge in [0.15, 0.2) is 17.5 Å². The molecule has 0 radical (unpaired) electrons. The number of nitrogens with two attached hydrogens (primary N) is 1. The summed E-state index contributed by atoms with van der Waals surface area (Å²) in [6.07, 6.45) is 0.678. The van der Waals surface area contributed by atoms with E-state index in [2.05, 4.69) is 0 Å². The van der Waals surface area contributed by atoms with E-state index >= 15 is 0 Å². The second-order valence-electron chi connectivity index (χ2n) is 3.55. The smallest absolute Gasteiger partial charge is 0.254 e. The van der Waals surface area contributed by atoms with Gasteiger partial charge in [0.2, 0.25) is 10.0 Å². The number of amides is 1. The summed E-state index contributed by atoms with van der Waals surface area (Å²) >= 11 is 0. The average Bonchev–Trinajstić information content (AvgIpc) is 2.29. The number of nitrogens with zero attached hydrogens (tertiary/aromatic N) is 1. The van der Waals surface area contributed by atoms with Crippen LogP contribution in [0.1, 0.15) is 0 Å². The SMILES string of the molecule is CS(=O)(=O)N(CC(=O)NN)c1cc(F)c(F)cc1F. The molecule has 0 aromatic heterocycles. The van der Waals surface area contributed by atoms with Crippen molar-refractivity contribution >= 4 is 21.6 Å².